The van der Waals surface area contributed by atoms with E-state index in [2.05, 4.69) is 16.4 Å². The van der Waals surface area contributed by atoms with Gasteiger partial charge in [-0.1, -0.05) is 86.0 Å². The van der Waals surface area contributed by atoms with Gasteiger partial charge in [0.25, 0.3) is 5.91 Å². The van der Waals surface area contributed by atoms with Crippen LogP contribution in [0.15, 0.2) is 91.0 Å². The number of benzene rings is 3. The Morgan fingerprint density at radius 1 is 0.900 bits per heavy atom. The topological polar surface area (TPSA) is 65.2 Å². The fourth-order valence-electron chi connectivity index (χ4n) is 5.59. The minimum Gasteiger partial charge on any atom is -0.351 e. The number of H-pyrrole nitrogens is 1. The number of nitrogens with one attached hydrogen (secondary N) is 2. The Hall–Kier alpha value is -4.19. The number of hydrogen-bond donors (Lipinski definition) is 2. The molecule has 1 saturated carbocycles. The van der Waals surface area contributed by atoms with Gasteiger partial charge < -0.3 is 15.2 Å². The van der Waals surface area contributed by atoms with Gasteiger partial charge in [0, 0.05) is 18.3 Å². The second kappa shape index (κ2) is 12.8. The Balaban J connectivity index is 1.51. The standard InChI is InChI=1S/C34H36FN3O2/c1-24-10-8-9-11-25(24)22-23-38(34(40)31-21-20-30(37-31)26-12-4-2-5-13-26)32(27-16-18-28(35)19-17-27)33(39)36-29-14-6-3-7-15-29/h2,4-5,8-13,16-21,29,32,37H,3,6-7,14-15,22-23H2,1H3,(H,36,39)/t32-/m1/s1. The third-order valence-electron chi connectivity index (χ3n) is 7.84. The van der Waals surface area contributed by atoms with Crippen molar-refractivity contribution in [1.29, 1.82) is 0 Å². The predicted molar refractivity (Wildman–Crippen MR) is 156 cm³/mol. The fourth-order valence-corrected chi connectivity index (χ4v) is 5.59. The van der Waals surface area contributed by atoms with Crippen LogP contribution in [0, 0.1) is 12.7 Å². The fraction of sp³-hybridized carbons (Fsp3) is 0.294. The molecule has 5 rings (SSSR count). The van der Waals surface area contributed by atoms with Crippen LogP contribution in [0.3, 0.4) is 0 Å². The molecule has 6 heteroatoms. The van der Waals surface area contributed by atoms with Crippen LogP contribution in [0.5, 0.6) is 0 Å². The molecule has 0 saturated heterocycles. The summed E-state index contributed by atoms with van der Waals surface area (Å²) in [6.45, 7) is 2.37. The predicted octanol–water partition coefficient (Wildman–Crippen LogP) is 7.00. The average molecular weight is 538 g/mol. The van der Waals surface area contributed by atoms with E-state index < -0.39 is 6.04 Å². The van der Waals surface area contributed by atoms with Gasteiger partial charge in [-0.05, 0) is 72.7 Å². The Morgan fingerprint density at radius 2 is 1.60 bits per heavy atom. The van der Waals surface area contributed by atoms with E-state index in [0.717, 1.165) is 48.1 Å². The maximum absolute atomic E-state index is 14.2. The molecule has 1 aliphatic carbocycles. The molecule has 40 heavy (non-hydrogen) atoms. The SMILES string of the molecule is Cc1ccccc1CCN(C(=O)c1ccc(-c2ccccc2)[nH]1)[C@@H](C(=O)NC1CCCCC1)c1ccc(F)cc1. The van der Waals surface area contributed by atoms with E-state index in [0.29, 0.717) is 24.2 Å². The van der Waals surface area contributed by atoms with Gasteiger partial charge in [-0.25, -0.2) is 4.39 Å². The summed E-state index contributed by atoms with van der Waals surface area (Å²) in [4.78, 5) is 33.1. The molecule has 0 radical (unpaired) electrons. The van der Waals surface area contributed by atoms with Crippen molar-refractivity contribution in [2.45, 2.75) is 57.5 Å². The summed E-state index contributed by atoms with van der Waals surface area (Å²) < 4.78 is 13.9. The Labute approximate surface area is 235 Å². The van der Waals surface area contributed by atoms with Crippen molar-refractivity contribution in [3.8, 4) is 11.3 Å². The van der Waals surface area contributed by atoms with E-state index in [-0.39, 0.29) is 23.7 Å². The molecule has 3 aromatic carbocycles. The zero-order valence-electron chi connectivity index (χ0n) is 22.9. The van der Waals surface area contributed by atoms with Gasteiger partial charge >= 0.3 is 0 Å². The number of halogens is 1. The van der Waals surface area contributed by atoms with Crippen LogP contribution in [0.1, 0.15) is 65.3 Å². The third-order valence-corrected chi connectivity index (χ3v) is 7.84. The van der Waals surface area contributed by atoms with Crippen LogP contribution in [0.2, 0.25) is 0 Å². The van der Waals surface area contributed by atoms with Crippen molar-refractivity contribution in [1.82, 2.24) is 15.2 Å². The highest BCUT2D eigenvalue weighted by Crippen LogP contribution is 2.28. The lowest BCUT2D eigenvalue weighted by molar-refractivity contribution is -0.126. The number of hydrogen-bond acceptors (Lipinski definition) is 2. The van der Waals surface area contributed by atoms with Crippen LogP contribution >= 0.6 is 0 Å². The maximum atomic E-state index is 14.2. The number of aromatic nitrogens is 1. The van der Waals surface area contributed by atoms with Gasteiger partial charge in [0.2, 0.25) is 5.91 Å². The number of nitrogens with zero attached hydrogens (tertiary/aromatic N) is 1. The summed E-state index contributed by atoms with van der Waals surface area (Å²) in [6, 6.07) is 26.6. The Morgan fingerprint density at radius 3 is 2.33 bits per heavy atom. The lowest BCUT2D eigenvalue weighted by Crippen LogP contribution is -2.47. The number of aryl methyl sites for hydroxylation is 1. The highest BCUT2D eigenvalue weighted by atomic mass is 19.1. The number of carbonyl (C=O) groups excluding carboxylic acids is 2. The van der Waals surface area contributed by atoms with E-state index in [1.807, 2.05) is 61.5 Å². The second-order valence-corrected chi connectivity index (χ2v) is 10.6. The van der Waals surface area contributed by atoms with Crippen molar-refractivity contribution >= 4 is 11.8 Å². The Kier molecular flexibility index (Phi) is 8.74. The molecule has 0 bridgehead atoms. The van der Waals surface area contributed by atoms with E-state index in [1.165, 1.54) is 18.6 Å². The molecule has 0 unspecified atom stereocenters. The molecule has 1 heterocycles. The molecule has 0 aliphatic heterocycles. The molecule has 2 amide bonds. The van der Waals surface area contributed by atoms with E-state index >= 15 is 0 Å². The number of aromatic amines is 1. The Bertz CT molecular complexity index is 1430. The van der Waals surface area contributed by atoms with Crippen molar-refractivity contribution in [2.24, 2.45) is 0 Å². The summed E-state index contributed by atoms with van der Waals surface area (Å²) >= 11 is 0. The smallest absolute Gasteiger partial charge is 0.271 e. The van der Waals surface area contributed by atoms with Gasteiger partial charge in [0.05, 0.1) is 0 Å². The van der Waals surface area contributed by atoms with Crippen molar-refractivity contribution < 1.29 is 14.0 Å². The highest BCUT2D eigenvalue weighted by molar-refractivity contribution is 5.97. The minimum absolute atomic E-state index is 0.0766. The molecule has 2 N–H and O–H groups in total. The molecule has 0 spiro atoms. The molecule has 1 aromatic heterocycles. The van der Waals surface area contributed by atoms with Gasteiger partial charge in [-0.15, -0.1) is 0 Å². The second-order valence-electron chi connectivity index (χ2n) is 10.6. The number of amides is 2. The summed E-state index contributed by atoms with van der Waals surface area (Å²) in [5.74, 6) is -0.889. The first-order valence-corrected chi connectivity index (χ1v) is 14.2. The summed E-state index contributed by atoms with van der Waals surface area (Å²) in [5, 5.41) is 3.22. The normalized spacial score (nSPS) is 14.4. The number of rotatable bonds is 9. The summed E-state index contributed by atoms with van der Waals surface area (Å²) in [7, 11) is 0. The van der Waals surface area contributed by atoms with Crippen molar-refractivity contribution in [2.75, 3.05) is 6.54 Å². The van der Waals surface area contributed by atoms with Crippen LogP contribution in [-0.2, 0) is 11.2 Å². The average Bonchev–Trinajstić information content (AvgIpc) is 3.48. The van der Waals surface area contributed by atoms with E-state index in [1.54, 1.807) is 23.1 Å². The van der Waals surface area contributed by atoms with Crippen LogP contribution < -0.4 is 5.32 Å². The van der Waals surface area contributed by atoms with Gasteiger partial charge in [0.1, 0.15) is 17.6 Å². The number of carbonyl (C=O) groups is 2. The summed E-state index contributed by atoms with van der Waals surface area (Å²) in [5.41, 5.74) is 5.03. The van der Waals surface area contributed by atoms with Gasteiger partial charge in [-0.2, -0.15) is 0 Å². The summed E-state index contributed by atoms with van der Waals surface area (Å²) in [6.07, 6.45) is 5.76. The van der Waals surface area contributed by atoms with Crippen LogP contribution in [-0.4, -0.2) is 34.3 Å². The quantitative estimate of drug-likeness (QED) is 0.241. The molecule has 5 nitrogen and oxygen atoms in total. The zero-order chi connectivity index (χ0) is 27.9. The largest absolute Gasteiger partial charge is 0.351 e. The van der Waals surface area contributed by atoms with Crippen LogP contribution in [0.4, 0.5) is 4.39 Å². The maximum Gasteiger partial charge on any atom is 0.271 e. The lowest BCUT2D eigenvalue weighted by atomic mass is 9.94. The first-order valence-electron chi connectivity index (χ1n) is 14.2. The molecule has 1 fully saturated rings. The first-order chi connectivity index (χ1) is 19.5. The van der Waals surface area contributed by atoms with Crippen molar-refractivity contribution in [3.63, 3.8) is 0 Å². The van der Waals surface area contributed by atoms with Gasteiger partial charge in [0.15, 0.2) is 0 Å². The molecule has 4 aromatic rings. The highest BCUT2D eigenvalue weighted by Gasteiger charge is 2.34. The molecule has 206 valence electrons. The monoisotopic (exact) mass is 537 g/mol. The minimum atomic E-state index is -0.900. The molecule has 1 aliphatic rings. The van der Waals surface area contributed by atoms with E-state index in [4.69, 9.17) is 0 Å². The zero-order valence-corrected chi connectivity index (χ0v) is 22.9. The third kappa shape index (κ3) is 6.50. The molecular weight excluding hydrogens is 501 g/mol. The molecule has 1 atom stereocenters. The van der Waals surface area contributed by atoms with E-state index in [9.17, 15) is 14.0 Å². The van der Waals surface area contributed by atoms with Gasteiger partial charge in [-0.3, -0.25) is 9.59 Å². The van der Waals surface area contributed by atoms with Crippen molar-refractivity contribution in [3.05, 3.63) is 119 Å². The lowest BCUT2D eigenvalue weighted by Gasteiger charge is -2.33. The molecular formula is C34H36FN3O2. The van der Waals surface area contributed by atoms with Crippen LogP contribution in [0.25, 0.3) is 11.3 Å². The first kappa shape index (κ1) is 27.4.